The molecule has 0 aliphatic carbocycles. The van der Waals surface area contributed by atoms with Crippen molar-refractivity contribution in [3.63, 3.8) is 0 Å². The lowest BCUT2D eigenvalue weighted by molar-refractivity contribution is -0.120. The molecular formula is C14H21ClN2O2. The number of hydrogen-bond donors (Lipinski definition) is 2. The van der Waals surface area contributed by atoms with Crippen LogP contribution >= 0.6 is 11.6 Å². The molecule has 5 heteroatoms. The predicted octanol–water partition coefficient (Wildman–Crippen LogP) is 2.35. The van der Waals surface area contributed by atoms with Crippen molar-refractivity contribution in [3.05, 3.63) is 28.8 Å². The third-order valence-corrected chi connectivity index (χ3v) is 3.05. The van der Waals surface area contributed by atoms with Gasteiger partial charge in [0.15, 0.2) is 0 Å². The third kappa shape index (κ3) is 5.49. The summed E-state index contributed by atoms with van der Waals surface area (Å²) in [5.41, 5.74) is 0.917. The molecule has 1 aromatic rings. The van der Waals surface area contributed by atoms with Gasteiger partial charge in [-0.15, -0.1) is 0 Å². The molecule has 0 saturated heterocycles. The van der Waals surface area contributed by atoms with Gasteiger partial charge in [0.05, 0.1) is 7.11 Å². The van der Waals surface area contributed by atoms with Gasteiger partial charge in [-0.3, -0.25) is 4.79 Å². The number of carbonyl (C=O) groups excluding carboxylic acids is 1. The molecule has 0 spiro atoms. The van der Waals surface area contributed by atoms with Gasteiger partial charge in [0.25, 0.3) is 0 Å². The van der Waals surface area contributed by atoms with E-state index >= 15 is 0 Å². The van der Waals surface area contributed by atoms with Crippen molar-refractivity contribution >= 4 is 17.5 Å². The number of rotatable bonds is 8. The Hall–Kier alpha value is -1.26. The Balaban J connectivity index is 2.35. The number of carbonyl (C=O) groups is 1. The topological polar surface area (TPSA) is 50.4 Å². The number of methoxy groups -OCH3 is 1. The van der Waals surface area contributed by atoms with Gasteiger partial charge in [-0.2, -0.15) is 0 Å². The van der Waals surface area contributed by atoms with Crippen LogP contribution in [0.1, 0.15) is 25.3 Å². The number of benzene rings is 1. The van der Waals surface area contributed by atoms with Gasteiger partial charge in [-0.25, -0.2) is 0 Å². The summed E-state index contributed by atoms with van der Waals surface area (Å²) in [6.07, 6.45) is 1.42. The lowest BCUT2D eigenvalue weighted by Crippen LogP contribution is -2.28. The molecule has 0 aromatic heterocycles. The summed E-state index contributed by atoms with van der Waals surface area (Å²) >= 11 is 6.12. The zero-order chi connectivity index (χ0) is 14.1. The van der Waals surface area contributed by atoms with Crippen LogP contribution in [-0.4, -0.2) is 26.1 Å². The minimum absolute atomic E-state index is 0.0699. The van der Waals surface area contributed by atoms with Crippen LogP contribution in [0.3, 0.4) is 0 Å². The fourth-order valence-electron chi connectivity index (χ4n) is 1.67. The van der Waals surface area contributed by atoms with Crippen molar-refractivity contribution in [2.45, 2.75) is 26.3 Å². The summed E-state index contributed by atoms with van der Waals surface area (Å²) in [4.78, 5) is 11.4. The average Bonchev–Trinajstić information content (AvgIpc) is 2.42. The van der Waals surface area contributed by atoms with E-state index in [1.165, 1.54) is 0 Å². The van der Waals surface area contributed by atoms with Gasteiger partial charge in [0, 0.05) is 36.6 Å². The molecule has 1 rings (SSSR count). The fraction of sp³-hybridized carbons (Fsp3) is 0.500. The van der Waals surface area contributed by atoms with E-state index in [0.29, 0.717) is 24.5 Å². The SMILES string of the molecule is CCCNC(=O)CCNCc1c(Cl)cccc1OC. The van der Waals surface area contributed by atoms with Gasteiger partial charge in [0.1, 0.15) is 5.75 Å². The highest BCUT2D eigenvalue weighted by Gasteiger charge is 2.07. The van der Waals surface area contributed by atoms with Gasteiger partial charge in [-0.1, -0.05) is 24.6 Å². The smallest absolute Gasteiger partial charge is 0.221 e. The van der Waals surface area contributed by atoms with Crippen molar-refractivity contribution in [2.24, 2.45) is 0 Å². The maximum Gasteiger partial charge on any atom is 0.221 e. The standard InChI is InChI=1S/C14H21ClN2O2/c1-3-8-17-14(18)7-9-16-10-11-12(15)5-4-6-13(11)19-2/h4-6,16H,3,7-10H2,1-2H3,(H,17,18). The Kier molecular flexibility index (Phi) is 7.30. The number of hydrogen-bond acceptors (Lipinski definition) is 3. The van der Waals surface area contributed by atoms with Crippen LogP contribution in [0, 0.1) is 0 Å². The highest BCUT2D eigenvalue weighted by Crippen LogP contribution is 2.25. The monoisotopic (exact) mass is 284 g/mol. The van der Waals surface area contributed by atoms with Crippen molar-refractivity contribution in [3.8, 4) is 5.75 Å². The number of amides is 1. The van der Waals surface area contributed by atoms with Crippen LogP contribution in [0.4, 0.5) is 0 Å². The summed E-state index contributed by atoms with van der Waals surface area (Å²) in [6.45, 7) is 3.97. The minimum Gasteiger partial charge on any atom is -0.496 e. The van der Waals surface area contributed by atoms with E-state index in [9.17, 15) is 4.79 Å². The molecule has 0 bridgehead atoms. The van der Waals surface area contributed by atoms with Crippen molar-refractivity contribution in [1.82, 2.24) is 10.6 Å². The molecule has 1 amide bonds. The molecule has 0 atom stereocenters. The molecule has 0 radical (unpaired) electrons. The highest BCUT2D eigenvalue weighted by molar-refractivity contribution is 6.31. The van der Waals surface area contributed by atoms with Gasteiger partial charge >= 0.3 is 0 Å². The maximum absolute atomic E-state index is 11.4. The minimum atomic E-state index is 0.0699. The summed E-state index contributed by atoms with van der Waals surface area (Å²) in [5.74, 6) is 0.830. The molecule has 0 aliphatic rings. The molecule has 1 aromatic carbocycles. The molecule has 106 valence electrons. The van der Waals surface area contributed by atoms with Crippen molar-refractivity contribution < 1.29 is 9.53 Å². The summed E-state index contributed by atoms with van der Waals surface area (Å²) in [6, 6.07) is 5.55. The lowest BCUT2D eigenvalue weighted by Gasteiger charge is -2.11. The molecular weight excluding hydrogens is 264 g/mol. The Bertz CT molecular complexity index is 410. The molecule has 4 nitrogen and oxygen atoms in total. The fourth-order valence-corrected chi connectivity index (χ4v) is 1.90. The zero-order valence-electron chi connectivity index (χ0n) is 11.5. The van der Waals surface area contributed by atoms with E-state index in [4.69, 9.17) is 16.3 Å². The Morgan fingerprint density at radius 1 is 1.37 bits per heavy atom. The normalized spacial score (nSPS) is 10.3. The van der Waals surface area contributed by atoms with Crippen LogP contribution in [0.5, 0.6) is 5.75 Å². The van der Waals surface area contributed by atoms with E-state index < -0.39 is 0 Å². The van der Waals surface area contributed by atoms with Crippen LogP contribution in [0.2, 0.25) is 5.02 Å². The first kappa shape index (κ1) is 15.8. The largest absolute Gasteiger partial charge is 0.496 e. The summed E-state index contributed by atoms with van der Waals surface area (Å²) in [7, 11) is 1.62. The van der Waals surface area contributed by atoms with Crippen molar-refractivity contribution in [1.29, 1.82) is 0 Å². The second-order valence-electron chi connectivity index (χ2n) is 4.20. The van der Waals surface area contributed by atoms with Crippen LogP contribution in [0.25, 0.3) is 0 Å². The molecule has 0 unspecified atom stereocenters. The van der Waals surface area contributed by atoms with E-state index in [2.05, 4.69) is 10.6 Å². The number of ether oxygens (including phenoxy) is 1. The Morgan fingerprint density at radius 2 is 2.16 bits per heavy atom. The van der Waals surface area contributed by atoms with Crippen LogP contribution in [-0.2, 0) is 11.3 Å². The molecule has 0 fully saturated rings. The first-order valence-corrected chi connectivity index (χ1v) is 6.85. The molecule has 0 aliphatic heterocycles. The van der Waals surface area contributed by atoms with E-state index in [1.807, 2.05) is 25.1 Å². The molecule has 0 heterocycles. The van der Waals surface area contributed by atoms with E-state index in [0.717, 1.165) is 24.3 Å². The highest BCUT2D eigenvalue weighted by atomic mass is 35.5. The molecule has 19 heavy (non-hydrogen) atoms. The second-order valence-corrected chi connectivity index (χ2v) is 4.60. The van der Waals surface area contributed by atoms with E-state index in [1.54, 1.807) is 7.11 Å². The molecule has 2 N–H and O–H groups in total. The summed E-state index contributed by atoms with van der Waals surface area (Å²) < 4.78 is 5.25. The Morgan fingerprint density at radius 3 is 2.84 bits per heavy atom. The predicted molar refractivity (Wildman–Crippen MR) is 77.6 cm³/mol. The number of halogens is 1. The third-order valence-electron chi connectivity index (χ3n) is 2.70. The van der Waals surface area contributed by atoms with E-state index in [-0.39, 0.29) is 5.91 Å². The zero-order valence-corrected chi connectivity index (χ0v) is 12.2. The maximum atomic E-state index is 11.4. The Labute approximate surface area is 119 Å². The molecule has 0 saturated carbocycles. The van der Waals surface area contributed by atoms with Gasteiger partial charge in [0.2, 0.25) is 5.91 Å². The quantitative estimate of drug-likeness (QED) is 0.721. The van der Waals surface area contributed by atoms with Gasteiger partial charge in [-0.05, 0) is 18.6 Å². The average molecular weight is 285 g/mol. The van der Waals surface area contributed by atoms with Crippen molar-refractivity contribution in [2.75, 3.05) is 20.2 Å². The first-order valence-electron chi connectivity index (χ1n) is 6.47. The van der Waals surface area contributed by atoms with Crippen LogP contribution in [0.15, 0.2) is 18.2 Å². The second kappa shape index (κ2) is 8.77. The first-order chi connectivity index (χ1) is 9.19. The van der Waals surface area contributed by atoms with Gasteiger partial charge < -0.3 is 15.4 Å². The number of nitrogens with one attached hydrogen (secondary N) is 2. The van der Waals surface area contributed by atoms with Crippen LogP contribution < -0.4 is 15.4 Å². The lowest BCUT2D eigenvalue weighted by atomic mass is 10.2. The summed E-state index contributed by atoms with van der Waals surface area (Å²) in [5, 5.41) is 6.70.